The van der Waals surface area contributed by atoms with Crippen molar-refractivity contribution in [3.8, 4) is 0 Å². The Hall–Kier alpha value is -1.90. The molecule has 3 heteroatoms. The SMILES string of the molecule is Cc1cc(NC(C)CCc2ccccc2)nc(C)n1. The van der Waals surface area contributed by atoms with Gasteiger partial charge in [-0.2, -0.15) is 0 Å². The second-order valence-electron chi connectivity index (χ2n) is 5.01. The summed E-state index contributed by atoms with van der Waals surface area (Å²) in [5.41, 5.74) is 2.39. The van der Waals surface area contributed by atoms with Crippen molar-refractivity contribution in [1.29, 1.82) is 0 Å². The van der Waals surface area contributed by atoms with Gasteiger partial charge in [-0.1, -0.05) is 30.3 Å². The van der Waals surface area contributed by atoms with Gasteiger partial charge < -0.3 is 5.32 Å². The van der Waals surface area contributed by atoms with Crippen LogP contribution in [0.3, 0.4) is 0 Å². The first-order chi connectivity index (χ1) is 9.13. The summed E-state index contributed by atoms with van der Waals surface area (Å²) in [4.78, 5) is 8.69. The third-order valence-electron chi connectivity index (χ3n) is 3.07. The summed E-state index contributed by atoms with van der Waals surface area (Å²) >= 11 is 0. The van der Waals surface area contributed by atoms with Crippen LogP contribution in [-0.2, 0) is 6.42 Å². The molecule has 0 spiro atoms. The van der Waals surface area contributed by atoms with E-state index in [1.807, 2.05) is 19.9 Å². The van der Waals surface area contributed by atoms with E-state index in [0.717, 1.165) is 30.2 Å². The van der Waals surface area contributed by atoms with Crippen LogP contribution >= 0.6 is 0 Å². The van der Waals surface area contributed by atoms with Gasteiger partial charge in [0.1, 0.15) is 11.6 Å². The number of nitrogens with one attached hydrogen (secondary N) is 1. The van der Waals surface area contributed by atoms with E-state index in [-0.39, 0.29) is 0 Å². The highest BCUT2D eigenvalue weighted by Gasteiger charge is 2.05. The van der Waals surface area contributed by atoms with Crippen LogP contribution in [0.25, 0.3) is 0 Å². The summed E-state index contributed by atoms with van der Waals surface area (Å²) in [6, 6.07) is 13.0. The molecule has 0 saturated heterocycles. The molecule has 0 saturated carbocycles. The largest absolute Gasteiger partial charge is 0.367 e. The van der Waals surface area contributed by atoms with E-state index >= 15 is 0 Å². The second kappa shape index (κ2) is 6.32. The number of hydrogen-bond acceptors (Lipinski definition) is 3. The zero-order valence-electron chi connectivity index (χ0n) is 11.9. The lowest BCUT2D eigenvalue weighted by Crippen LogP contribution is -2.17. The summed E-state index contributed by atoms with van der Waals surface area (Å²) in [7, 11) is 0. The van der Waals surface area contributed by atoms with Gasteiger partial charge in [-0.15, -0.1) is 0 Å². The molecular weight excluding hydrogens is 234 g/mol. The molecule has 0 aliphatic heterocycles. The van der Waals surface area contributed by atoms with Gasteiger partial charge >= 0.3 is 0 Å². The minimum atomic E-state index is 0.397. The van der Waals surface area contributed by atoms with Crippen LogP contribution in [0.15, 0.2) is 36.4 Å². The van der Waals surface area contributed by atoms with Gasteiger partial charge in [0.2, 0.25) is 0 Å². The van der Waals surface area contributed by atoms with Crippen LogP contribution in [0.2, 0.25) is 0 Å². The number of rotatable bonds is 5. The second-order valence-corrected chi connectivity index (χ2v) is 5.01. The average molecular weight is 255 g/mol. The maximum atomic E-state index is 4.41. The van der Waals surface area contributed by atoms with Gasteiger partial charge in [0.25, 0.3) is 0 Å². The van der Waals surface area contributed by atoms with E-state index in [9.17, 15) is 0 Å². The molecular formula is C16H21N3. The number of nitrogens with zero attached hydrogens (tertiary/aromatic N) is 2. The minimum Gasteiger partial charge on any atom is -0.367 e. The third-order valence-corrected chi connectivity index (χ3v) is 3.07. The normalized spacial score (nSPS) is 12.2. The van der Waals surface area contributed by atoms with Crippen molar-refractivity contribution < 1.29 is 0 Å². The van der Waals surface area contributed by atoms with Crippen molar-refractivity contribution in [2.45, 2.75) is 39.7 Å². The van der Waals surface area contributed by atoms with Crippen molar-refractivity contribution in [1.82, 2.24) is 9.97 Å². The van der Waals surface area contributed by atoms with Crippen molar-refractivity contribution in [3.63, 3.8) is 0 Å². The van der Waals surface area contributed by atoms with Gasteiger partial charge in [0.15, 0.2) is 0 Å². The lowest BCUT2D eigenvalue weighted by Gasteiger charge is -2.15. The fourth-order valence-electron chi connectivity index (χ4n) is 2.14. The van der Waals surface area contributed by atoms with E-state index < -0.39 is 0 Å². The monoisotopic (exact) mass is 255 g/mol. The van der Waals surface area contributed by atoms with Crippen molar-refractivity contribution in [3.05, 3.63) is 53.5 Å². The standard InChI is InChI=1S/C16H21N3/c1-12(9-10-15-7-5-4-6-8-15)18-16-11-13(2)17-14(3)19-16/h4-8,11-12H,9-10H2,1-3H3,(H,17,18,19). The molecule has 3 nitrogen and oxygen atoms in total. The first-order valence-electron chi connectivity index (χ1n) is 6.76. The van der Waals surface area contributed by atoms with E-state index in [0.29, 0.717) is 6.04 Å². The topological polar surface area (TPSA) is 37.8 Å². The predicted octanol–water partition coefficient (Wildman–Crippen LogP) is 3.53. The van der Waals surface area contributed by atoms with Gasteiger partial charge in [-0.05, 0) is 39.2 Å². The van der Waals surface area contributed by atoms with E-state index in [2.05, 4.69) is 52.5 Å². The highest BCUT2D eigenvalue weighted by Crippen LogP contribution is 2.11. The zero-order valence-corrected chi connectivity index (χ0v) is 11.9. The molecule has 1 heterocycles. The Morgan fingerprint density at radius 2 is 1.84 bits per heavy atom. The predicted molar refractivity (Wildman–Crippen MR) is 79.4 cm³/mol. The number of aromatic nitrogens is 2. The molecule has 2 aromatic rings. The van der Waals surface area contributed by atoms with Crippen LogP contribution in [0.1, 0.15) is 30.4 Å². The number of hydrogen-bond donors (Lipinski definition) is 1. The summed E-state index contributed by atoms with van der Waals surface area (Å²) in [5.74, 6) is 1.74. The molecule has 0 aliphatic rings. The van der Waals surface area contributed by atoms with E-state index in [1.54, 1.807) is 0 Å². The molecule has 19 heavy (non-hydrogen) atoms. The smallest absolute Gasteiger partial charge is 0.130 e. The summed E-state index contributed by atoms with van der Waals surface area (Å²) in [6.45, 7) is 6.11. The number of aryl methyl sites for hydroxylation is 3. The zero-order chi connectivity index (χ0) is 13.7. The quantitative estimate of drug-likeness (QED) is 0.888. The summed E-state index contributed by atoms with van der Waals surface area (Å²) in [5, 5.41) is 3.44. The Bertz CT molecular complexity index is 503. The van der Waals surface area contributed by atoms with E-state index in [1.165, 1.54) is 5.56 Å². The van der Waals surface area contributed by atoms with Crippen LogP contribution in [0, 0.1) is 13.8 Å². The van der Waals surface area contributed by atoms with E-state index in [4.69, 9.17) is 0 Å². The van der Waals surface area contributed by atoms with Crippen LogP contribution in [-0.4, -0.2) is 16.0 Å². The molecule has 1 unspecified atom stereocenters. The summed E-state index contributed by atoms with van der Waals surface area (Å²) < 4.78 is 0. The molecule has 100 valence electrons. The Labute approximate surface area is 115 Å². The molecule has 2 rings (SSSR count). The third kappa shape index (κ3) is 4.36. The highest BCUT2D eigenvalue weighted by atomic mass is 15.0. The van der Waals surface area contributed by atoms with Gasteiger partial charge in [0.05, 0.1) is 0 Å². The minimum absolute atomic E-state index is 0.397. The van der Waals surface area contributed by atoms with Crippen LogP contribution < -0.4 is 5.32 Å². The average Bonchev–Trinajstić information content (AvgIpc) is 2.36. The Kier molecular flexibility index (Phi) is 4.50. The molecule has 1 aromatic carbocycles. The maximum absolute atomic E-state index is 4.41. The van der Waals surface area contributed by atoms with Gasteiger partial charge in [-0.25, -0.2) is 9.97 Å². The van der Waals surface area contributed by atoms with Crippen molar-refractivity contribution in [2.24, 2.45) is 0 Å². The van der Waals surface area contributed by atoms with Crippen molar-refractivity contribution >= 4 is 5.82 Å². The molecule has 0 aliphatic carbocycles. The van der Waals surface area contributed by atoms with Gasteiger partial charge in [-0.3, -0.25) is 0 Å². The Morgan fingerprint density at radius 3 is 2.53 bits per heavy atom. The first kappa shape index (κ1) is 13.5. The molecule has 0 bridgehead atoms. The highest BCUT2D eigenvalue weighted by molar-refractivity contribution is 5.36. The number of benzene rings is 1. The molecule has 1 atom stereocenters. The Morgan fingerprint density at radius 1 is 1.11 bits per heavy atom. The number of anilines is 1. The molecule has 0 fully saturated rings. The lowest BCUT2D eigenvalue weighted by atomic mass is 10.1. The maximum Gasteiger partial charge on any atom is 0.130 e. The van der Waals surface area contributed by atoms with Crippen LogP contribution in [0.5, 0.6) is 0 Å². The molecule has 1 aromatic heterocycles. The van der Waals surface area contributed by atoms with Gasteiger partial charge in [0, 0.05) is 17.8 Å². The molecule has 0 radical (unpaired) electrons. The Balaban J connectivity index is 1.89. The fourth-order valence-corrected chi connectivity index (χ4v) is 2.14. The molecule has 0 amide bonds. The molecule has 1 N–H and O–H groups in total. The fraction of sp³-hybridized carbons (Fsp3) is 0.375. The van der Waals surface area contributed by atoms with Crippen molar-refractivity contribution in [2.75, 3.05) is 5.32 Å². The lowest BCUT2D eigenvalue weighted by molar-refractivity contribution is 0.701. The van der Waals surface area contributed by atoms with Crippen LogP contribution in [0.4, 0.5) is 5.82 Å². The summed E-state index contributed by atoms with van der Waals surface area (Å²) in [6.07, 6.45) is 2.17. The first-order valence-corrected chi connectivity index (χ1v) is 6.76.